The summed E-state index contributed by atoms with van der Waals surface area (Å²) in [5.74, 6) is 0. The Morgan fingerprint density at radius 2 is 0.708 bits per heavy atom. The van der Waals surface area contributed by atoms with Gasteiger partial charge in [-0.1, -0.05) is 74.1 Å². The van der Waals surface area contributed by atoms with Gasteiger partial charge in [0.05, 0.1) is 26.2 Å². The highest BCUT2D eigenvalue weighted by Gasteiger charge is 2.24. The van der Waals surface area contributed by atoms with E-state index < -0.39 is 0 Å². The molecule has 0 aliphatic carbocycles. The van der Waals surface area contributed by atoms with E-state index in [1.54, 1.807) is 0 Å². The van der Waals surface area contributed by atoms with E-state index in [0.29, 0.717) is 0 Å². The topological polar surface area (TPSA) is 3.24 Å². The van der Waals surface area contributed by atoms with E-state index in [0.717, 1.165) is 0 Å². The van der Waals surface area contributed by atoms with Gasteiger partial charge in [-0.15, -0.1) is 0 Å². The van der Waals surface area contributed by atoms with Crippen molar-refractivity contribution in [2.75, 3.05) is 45.8 Å². The molecule has 0 spiro atoms. The predicted octanol–water partition coefficient (Wildman–Crippen LogP) is 6.35. The molecule has 0 unspecified atom stereocenters. The molecule has 0 aromatic rings. The standard InChI is InChI=1S/C16H36N.C6H15N/c1-5-9-13-17(14-10-6-2,15-11-7-3)16-12-8-4;1-4-7(5-2)6-3/h5-16H2,1-4H3;4-6H2,1-3H3/q+1;. The predicted molar refractivity (Wildman–Crippen MR) is 113 cm³/mol. The van der Waals surface area contributed by atoms with Crippen LogP contribution >= 0.6 is 0 Å². The molecule has 0 heterocycles. The molecule has 0 rings (SSSR count). The Morgan fingerprint density at radius 1 is 0.458 bits per heavy atom. The molecule has 0 saturated carbocycles. The first-order chi connectivity index (χ1) is 11.6. The average molecular weight is 344 g/mol. The van der Waals surface area contributed by atoms with Crippen LogP contribution in [0.2, 0.25) is 0 Å². The lowest BCUT2D eigenvalue weighted by atomic mass is 10.1. The summed E-state index contributed by atoms with van der Waals surface area (Å²) in [7, 11) is 0. The molecular formula is C22H51N2+. The fraction of sp³-hybridized carbons (Fsp3) is 1.00. The molecule has 0 aliphatic heterocycles. The van der Waals surface area contributed by atoms with Gasteiger partial charge in [0, 0.05) is 0 Å². The van der Waals surface area contributed by atoms with E-state index >= 15 is 0 Å². The van der Waals surface area contributed by atoms with Crippen molar-refractivity contribution < 1.29 is 4.48 Å². The van der Waals surface area contributed by atoms with Gasteiger partial charge in [0.25, 0.3) is 0 Å². The number of hydrogen-bond donors (Lipinski definition) is 0. The zero-order valence-corrected chi connectivity index (χ0v) is 18.5. The van der Waals surface area contributed by atoms with Crippen LogP contribution in [0, 0.1) is 0 Å². The summed E-state index contributed by atoms with van der Waals surface area (Å²) in [4.78, 5) is 2.38. The minimum absolute atomic E-state index is 1.19. The van der Waals surface area contributed by atoms with Gasteiger partial charge >= 0.3 is 0 Å². The molecule has 0 amide bonds. The summed E-state index contributed by atoms with van der Waals surface area (Å²) in [6.07, 6.45) is 11.1. The highest BCUT2D eigenvalue weighted by molar-refractivity contribution is 4.49. The van der Waals surface area contributed by atoms with Crippen molar-refractivity contribution in [1.29, 1.82) is 0 Å². The van der Waals surface area contributed by atoms with E-state index in [1.165, 1.54) is 102 Å². The largest absolute Gasteiger partial charge is 0.324 e. The van der Waals surface area contributed by atoms with E-state index in [-0.39, 0.29) is 0 Å². The lowest BCUT2D eigenvalue weighted by Gasteiger charge is -2.39. The lowest BCUT2D eigenvalue weighted by molar-refractivity contribution is -0.929. The van der Waals surface area contributed by atoms with Crippen LogP contribution in [-0.2, 0) is 0 Å². The van der Waals surface area contributed by atoms with Crippen molar-refractivity contribution in [3.63, 3.8) is 0 Å². The molecule has 0 bridgehead atoms. The van der Waals surface area contributed by atoms with Gasteiger partial charge in [0.2, 0.25) is 0 Å². The number of quaternary nitrogens is 1. The Balaban J connectivity index is 0. The molecule has 0 atom stereocenters. The van der Waals surface area contributed by atoms with Crippen molar-refractivity contribution in [3.05, 3.63) is 0 Å². The van der Waals surface area contributed by atoms with Crippen LogP contribution in [0.15, 0.2) is 0 Å². The van der Waals surface area contributed by atoms with Crippen LogP contribution in [0.25, 0.3) is 0 Å². The Morgan fingerprint density at radius 3 is 0.833 bits per heavy atom. The average Bonchev–Trinajstić information content (AvgIpc) is 2.62. The summed E-state index contributed by atoms with van der Waals surface area (Å²) < 4.78 is 1.42. The van der Waals surface area contributed by atoms with Crippen molar-refractivity contribution in [3.8, 4) is 0 Å². The maximum Gasteiger partial charge on any atom is 0.0786 e. The van der Waals surface area contributed by atoms with E-state index in [1.807, 2.05) is 0 Å². The Hall–Kier alpha value is -0.0800. The maximum absolute atomic E-state index is 2.38. The molecule has 0 fully saturated rings. The van der Waals surface area contributed by atoms with Gasteiger partial charge in [-0.05, 0) is 45.3 Å². The molecule has 2 nitrogen and oxygen atoms in total. The fourth-order valence-corrected chi connectivity index (χ4v) is 3.32. The molecule has 0 aromatic heterocycles. The highest BCUT2D eigenvalue weighted by Crippen LogP contribution is 2.16. The monoisotopic (exact) mass is 343 g/mol. The molecule has 24 heavy (non-hydrogen) atoms. The van der Waals surface area contributed by atoms with Crippen molar-refractivity contribution in [2.45, 2.75) is 99.8 Å². The number of rotatable bonds is 15. The van der Waals surface area contributed by atoms with Gasteiger partial charge in [0.15, 0.2) is 0 Å². The van der Waals surface area contributed by atoms with Crippen molar-refractivity contribution in [2.24, 2.45) is 0 Å². The van der Waals surface area contributed by atoms with Crippen molar-refractivity contribution in [1.82, 2.24) is 4.90 Å². The zero-order valence-electron chi connectivity index (χ0n) is 18.5. The summed E-state index contributed by atoms with van der Waals surface area (Å²) in [6.45, 7) is 25.1. The SMILES string of the molecule is CCCC[N+](CCCC)(CCCC)CCCC.CCN(CC)CC. The van der Waals surface area contributed by atoms with Gasteiger partial charge < -0.3 is 9.38 Å². The minimum atomic E-state index is 1.19. The smallest absolute Gasteiger partial charge is 0.0786 e. The van der Waals surface area contributed by atoms with Crippen LogP contribution in [-0.4, -0.2) is 55.2 Å². The Kier molecular flexibility index (Phi) is 21.0. The summed E-state index contributed by atoms with van der Waals surface area (Å²) in [5, 5.41) is 0. The summed E-state index contributed by atoms with van der Waals surface area (Å²) >= 11 is 0. The van der Waals surface area contributed by atoms with Gasteiger partial charge in [-0.2, -0.15) is 0 Å². The second kappa shape index (κ2) is 19.2. The third-order valence-electron chi connectivity index (χ3n) is 5.29. The van der Waals surface area contributed by atoms with Gasteiger partial charge in [-0.25, -0.2) is 0 Å². The van der Waals surface area contributed by atoms with Gasteiger partial charge in [0.1, 0.15) is 0 Å². The first-order valence-corrected chi connectivity index (χ1v) is 11.2. The minimum Gasteiger partial charge on any atom is -0.324 e. The quantitative estimate of drug-likeness (QED) is 0.313. The third-order valence-corrected chi connectivity index (χ3v) is 5.29. The molecule has 0 N–H and O–H groups in total. The van der Waals surface area contributed by atoms with Crippen LogP contribution < -0.4 is 0 Å². The van der Waals surface area contributed by atoms with Crippen molar-refractivity contribution >= 4 is 0 Å². The number of nitrogens with zero attached hydrogens (tertiary/aromatic N) is 2. The van der Waals surface area contributed by atoms with Crippen LogP contribution in [0.1, 0.15) is 99.8 Å². The van der Waals surface area contributed by atoms with E-state index in [4.69, 9.17) is 0 Å². The van der Waals surface area contributed by atoms with Crippen LogP contribution in [0.4, 0.5) is 0 Å². The van der Waals surface area contributed by atoms with Crippen LogP contribution in [0.5, 0.6) is 0 Å². The first kappa shape index (κ1) is 26.2. The van der Waals surface area contributed by atoms with Gasteiger partial charge in [-0.3, -0.25) is 0 Å². The molecule has 148 valence electrons. The van der Waals surface area contributed by atoms with E-state index in [9.17, 15) is 0 Å². The molecule has 0 saturated heterocycles. The molecular weight excluding hydrogens is 292 g/mol. The fourth-order valence-electron chi connectivity index (χ4n) is 3.32. The molecule has 0 aromatic carbocycles. The normalized spacial score (nSPS) is 11.5. The molecule has 2 heteroatoms. The second-order valence-electron chi connectivity index (χ2n) is 7.27. The molecule has 0 radical (unpaired) electrons. The lowest BCUT2D eigenvalue weighted by Crippen LogP contribution is -2.50. The summed E-state index contributed by atoms with van der Waals surface area (Å²) in [6, 6.07) is 0. The number of unbranched alkanes of at least 4 members (excludes halogenated alkanes) is 4. The van der Waals surface area contributed by atoms with E-state index in [2.05, 4.69) is 53.4 Å². The maximum atomic E-state index is 2.38. The third kappa shape index (κ3) is 14.3. The van der Waals surface area contributed by atoms with Crippen LogP contribution in [0.3, 0.4) is 0 Å². The second-order valence-corrected chi connectivity index (χ2v) is 7.27. The molecule has 0 aliphatic rings. The Labute approximate surface area is 155 Å². The summed E-state index contributed by atoms with van der Waals surface area (Å²) in [5.41, 5.74) is 0. The Bertz CT molecular complexity index is 181. The first-order valence-electron chi connectivity index (χ1n) is 11.2. The zero-order chi connectivity index (χ0) is 18.7. The number of hydrogen-bond acceptors (Lipinski definition) is 1. The highest BCUT2D eigenvalue weighted by atomic mass is 15.3.